The predicted octanol–water partition coefficient (Wildman–Crippen LogP) is 2.82. The summed E-state index contributed by atoms with van der Waals surface area (Å²) in [4.78, 5) is 29.9. The molecule has 0 N–H and O–H groups in total. The van der Waals surface area contributed by atoms with E-state index in [1.807, 2.05) is 9.80 Å². The van der Waals surface area contributed by atoms with Crippen molar-refractivity contribution in [1.29, 1.82) is 0 Å². The quantitative estimate of drug-likeness (QED) is 0.787. The largest absolute Gasteiger partial charge is 0.342 e. The Kier molecular flexibility index (Phi) is 5.37. The molecule has 2 saturated heterocycles. The number of nitrogens with zero attached hydrogens (tertiary/aromatic N) is 2. The molecular weight excluding hydrogens is 276 g/mol. The number of piperidine rings is 2. The Balaban J connectivity index is 1.67. The van der Waals surface area contributed by atoms with Crippen molar-refractivity contribution < 1.29 is 9.59 Å². The fourth-order valence-corrected chi connectivity index (χ4v) is 4.42. The Morgan fingerprint density at radius 3 is 1.27 bits per heavy atom. The SMILES string of the molecule is O=C(C1CCCCC1C(=O)N1CCCCC1)N1CCCCC1. The van der Waals surface area contributed by atoms with Crippen molar-refractivity contribution in [1.82, 2.24) is 9.80 Å². The summed E-state index contributed by atoms with van der Waals surface area (Å²) in [5.74, 6) is 0.465. The number of carbonyl (C=O) groups excluding carboxylic acids is 2. The van der Waals surface area contributed by atoms with Crippen LogP contribution in [0.4, 0.5) is 0 Å². The van der Waals surface area contributed by atoms with Crippen LogP contribution < -0.4 is 0 Å². The lowest BCUT2D eigenvalue weighted by Crippen LogP contribution is -2.48. The Hall–Kier alpha value is -1.06. The number of likely N-dealkylation sites (tertiary alicyclic amines) is 2. The van der Waals surface area contributed by atoms with Crippen LogP contribution in [-0.2, 0) is 9.59 Å². The molecule has 4 heteroatoms. The maximum Gasteiger partial charge on any atom is 0.226 e. The molecule has 0 bridgehead atoms. The van der Waals surface area contributed by atoms with E-state index in [9.17, 15) is 9.59 Å². The molecule has 22 heavy (non-hydrogen) atoms. The van der Waals surface area contributed by atoms with Gasteiger partial charge in [-0.15, -0.1) is 0 Å². The van der Waals surface area contributed by atoms with Gasteiger partial charge in [-0.1, -0.05) is 12.8 Å². The molecule has 3 rings (SSSR count). The highest BCUT2D eigenvalue weighted by Gasteiger charge is 2.39. The van der Waals surface area contributed by atoms with E-state index in [1.54, 1.807) is 0 Å². The van der Waals surface area contributed by atoms with Gasteiger partial charge >= 0.3 is 0 Å². The van der Waals surface area contributed by atoms with E-state index in [2.05, 4.69) is 0 Å². The van der Waals surface area contributed by atoms with Gasteiger partial charge in [0.1, 0.15) is 0 Å². The molecule has 0 radical (unpaired) electrons. The van der Waals surface area contributed by atoms with E-state index < -0.39 is 0 Å². The van der Waals surface area contributed by atoms with E-state index in [4.69, 9.17) is 0 Å². The summed E-state index contributed by atoms with van der Waals surface area (Å²) in [6.45, 7) is 3.61. The third kappa shape index (κ3) is 3.47. The van der Waals surface area contributed by atoms with Crippen LogP contribution in [0.1, 0.15) is 64.2 Å². The summed E-state index contributed by atoms with van der Waals surface area (Å²) in [6, 6.07) is 0. The first-order valence-electron chi connectivity index (χ1n) is 9.35. The number of hydrogen-bond donors (Lipinski definition) is 0. The first-order chi connectivity index (χ1) is 10.8. The normalized spacial score (nSPS) is 30.2. The van der Waals surface area contributed by atoms with Crippen molar-refractivity contribution in [3.63, 3.8) is 0 Å². The summed E-state index contributed by atoms with van der Waals surface area (Å²) in [7, 11) is 0. The molecule has 0 aromatic carbocycles. The molecule has 3 aliphatic rings. The van der Waals surface area contributed by atoms with Crippen molar-refractivity contribution in [3.05, 3.63) is 0 Å². The van der Waals surface area contributed by atoms with Crippen molar-refractivity contribution in [3.8, 4) is 0 Å². The van der Waals surface area contributed by atoms with Gasteiger partial charge in [0.15, 0.2) is 0 Å². The second-order valence-corrected chi connectivity index (χ2v) is 7.27. The molecule has 2 aliphatic heterocycles. The monoisotopic (exact) mass is 306 g/mol. The Morgan fingerprint density at radius 2 is 0.909 bits per heavy atom. The Morgan fingerprint density at radius 1 is 0.545 bits per heavy atom. The Labute approximate surface area is 134 Å². The zero-order valence-electron chi connectivity index (χ0n) is 13.8. The van der Waals surface area contributed by atoms with Crippen LogP contribution >= 0.6 is 0 Å². The molecule has 0 aromatic heterocycles. The van der Waals surface area contributed by atoms with Crippen molar-refractivity contribution in [2.75, 3.05) is 26.2 Å². The van der Waals surface area contributed by atoms with Gasteiger partial charge in [-0.3, -0.25) is 9.59 Å². The highest BCUT2D eigenvalue weighted by molar-refractivity contribution is 5.88. The van der Waals surface area contributed by atoms with E-state index in [1.165, 1.54) is 12.8 Å². The van der Waals surface area contributed by atoms with Crippen LogP contribution in [-0.4, -0.2) is 47.8 Å². The summed E-state index contributed by atoms with van der Waals surface area (Å²) in [6.07, 6.45) is 11.0. The number of rotatable bonds is 2. The number of amides is 2. The molecule has 2 heterocycles. The summed E-state index contributed by atoms with van der Waals surface area (Å²) in [5, 5.41) is 0. The molecule has 3 fully saturated rings. The molecule has 2 unspecified atom stereocenters. The molecule has 1 saturated carbocycles. The minimum absolute atomic E-state index is 0.0405. The highest BCUT2D eigenvalue weighted by Crippen LogP contribution is 2.34. The van der Waals surface area contributed by atoms with Crippen LogP contribution in [0, 0.1) is 11.8 Å². The molecule has 2 amide bonds. The predicted molar refractivity (Wildman–Crippen MR) is 86.3 cm³/mol. The maximum atomic E-state index is 12.9. The molecular formula is C18H30N2O2. The van der Waals surface area contributed by atoms with E-state index in [0.29, 0.717) is 0 Å². The van der Waals surface area contributed by atoms with Gasteiger partial charge in [0.05, 0.1) is 0 Å². The highest BCUT2D eigenvalue weighted by atomic mass is 16.2. The van der Waals surface area contributed by atoms with E-state index >= 15 is 0 Å². The smallest absolute Gasteiger partial charge is 0.226 e. The minimum Gasteiger partial charge on any atom is -0.342 e. The Bertz CT molecular complexity index is 360. The third-order valence-electron chi connectivity index (χ3n) is 5.74. The third-order valence-corrected chi connectivity index (χ3v) is 5.74. The van der Waals surface area contributed by atoms with Crippen LogP contribution in [0.15, 0.2) is 0 Å². The second kappa shape index (κ2) is 7.47. The fourth-order valence-electron chi connectivity index (χ4n) is 4.42. The van der Waals surface area contributed by atoms with Crippen LogP contribution in [0.3, 0.4) is 0 Å². The maximum absolute atomic E-state index is 12.9. The zero-order chi connectivity index (χ0) is 15.4. The minimum atomic E-state index is -0.0405. The lowest BCUT2D eigenvalue weighted by Gasteiger charge is -2.38. The summed E-state index contributed by atoms with van der Waals surface area (Å²) < 4.78 is 0. The summed E-state index contributed by atoms with van der Waals surface area (Å²) >= 11 is 0. The average Bonchev–Trinajstić information content (AvgIpc) is 2.62. The van der Waals surface area contributed by atoms with Crippen LogP contribution in [0.5, 0.6) is 0 Å². The summed E-state index contributed by atoms with van der Waals surface area (Å²) in [5.41, 5.74) is 0. The first-order valence-corrected chi connectivity index (χ1v) is 9.35. The standard InChI is InChI=1S/C18H30N2O2/c21-17(19-11-5-1-6-12-19)15-9-3-4-10-16(15)18(22)20-13-7-2-8-14-20/h15-16H,1-14H2. The van der Waals surface area contributed by atoms with Crippen LogP contribution in [0.2, 0.25) is 0 Å². The van der Waals surface area contributed by atoms with E-state index in [0.717, 1.165) is 77.5 Å². The average molecular weight is 306 g/mol. The van der Waals surface area contributed by atoms with Crippen LogP contribution in [0.25, 0.3) is 0 Å². The van der Waals surface area contributed by atoms with Gasteiger partial charge < -0.3 is 9.80 Å². The second-order valence-electron chi connectivity index (χ2n) is 7.27. The fraction of sp³-hybridized carbons (Fsp3) is 0.889. The van der Waals surface area contributed by atoms with Gasteiger partial charge in [-0.25, -0.2) is 0 Å². The van der Waals surface area contributed by atoms with Crippen molar-refractivity contribution >= 4 is 11.8 Å². The van der Waals surface area contributed by atoms with Crippen molar-refractivity contribution in [2.45, 2.75) is 64.2 Å². The van der Waals surface area contributed by atoms with Gasteiger partial charge in [-0.2, -0.15) is 0 Å². The topological polar surface area (TPSA) is 40.6 Å². The first kappa shape index (κ1) is 15.8. The molecule has 124 valence electrons. The number of carbonyl (C=O) groups is 2. The van der Waals surface area contributed by atoms with Gasteiger partial charge in [0.2, 0.25) is 11.8 Å². The van der Waals surface area contributed by atoms with Gasteiger partial charge in [0, 0.05) is 38.0 Å². The molecule has 0 aromatic rings. The van der Waals surface area contributed by atoms with Crippen molar-refractivity contribution in [2.24, 2.45) is 11.8 Å². The molecule has 1 aliphatic carbocycles. The lowest BCUT2D eigenvalue weighted by atomic mass is 9.77. The molecule has 4 nitrogen and oxygen atoms in total. The zero-order valence-corrected chi connectivity index (χ0v) is 13.8. The molecule has 0 spiro atoms. The van der Waals surface area contributed by atoms with Gasteiger partial charge in [-0.05, 0) is 51.4 Å². The lowest BCUT2D eigenvalue weighted by molar-refractivity contribution is -0.149. The molecule has 2 atom stereocenters. The van der Waals surface area contributed by atoms with E-state index in [-0.39, 0.29) is 23.7 Å². The van der Waals surface area contributed by atoms with Gasteiger partial charge in [0.25, 0.3) is 0 Å². The number of hydrogen-bond acceptors (Lipinski definition) is 2.